The molecule has 2 aliphatic rings. The Labute approximate surface area is 113 Å². The van der Waals surface area contributed by atoms with Gasteiger partial charge in [-0.15, -0.1) is 0 Å². The fourth-order valence-corrected chi connectivity index (χ4v) is 5.80. The second-order valence-electron chi connectivity index (χ2n) is 6.08. The first-order valence-corrected chi connectivity index (χ1v) is 8.75. The molecule has 1 saturated carbocycles. The molecule has 0 radical (unpaired) electrons. The van der Waals surface area contributed by atoms with Gasteiger partial charge in [0.05, 0.1) is 23.0 Å². The SMILES string of the molecule is CCC1CCCC(C(=O)O)(C2CS(=O)(=O)CC2O)C1. The Kier molecular flexibility index (Phi) is 3.93. The van der Waals surface area contributed by atoms with E-state index in [1.165, 1.54) is 0 Å². The Balaban J connectivity index is 2.32. The van der Waals surface area contributed by atoms with Crippen LogP contribution in [0.3, 0.4) is 0 Å². The highest BCUT2D eigenvalue weighted by molar-refractivity contribution is 7.91. The number of hydrogen-bond donors (Lipinski definition) is 2. The van der Waals surface area contributed by atoms with Crippen LogP contribution in [0.1, 0.15) is 39.0 Å². The van der Waals surface area contributed by atoms with Gasteiger partial charge in [0.1, 0.15) is 0 Å². The molecule has 0 bridgehead atoms. The van der Waals surface area contributed by atoms with Gasteiger partial charge >= 0.3 is 5.97 Å². The summed E-state index contributed by atoms with van der Waals surface area (Å²) in [6, 6.07) is 0. The number of rotatable bonds is 3. The van der Waals surface area contributed by atoms with Crippen molar-refractivity contribution in [3.63, 3.8) is 0 Å². The van der Waals surface area contributed by atoms with Gasteiger partial charge in [0.2, 0.25) is 0 Å². The first-order chi connectivity index (χ1) is 8.81. The standard InChI is InChI=1S/C13H22O5S/c1-2-9-4-3-5-13(6-9,12(15)16)10-7-19(17,18)8-11(10)14/h9-11,14H,2-8H2,1H3,(H,15,16). The van der Waals surface area contributed by atoms with Gasteiger partial charge in [-0.1, -0.05) is 26.2 Å². The van der Waals surface area contributed by atoms with Gasteiger partial charge in [0.15, 0.2) is 9.84 Å². The van der Waals surface area contributed by atoms with E-state index in [-0.39, 0.29) is 11.5 Å². The summed E-state index contributed by atoms with van der Waals surface area (Å²) < 4.78 is 23.3. The van der Waals surface area contributed by atoms with Crippen molar-refractivity contribution in [3.8, 4) is 0 Å². The molecule has 1 aliphatic carbocycles. The molecule has 19 heavy (non-hydrogen) atoms. The summed E-state index contributed by atoms with van der Waals surface area (Å²) in [5.74, 6) is -1.74. The van der Waals surface area contributed by atoms with Gasteiger partial charge < -0.3 is 10.2 Å². The Morgan fingerprint density at radius 1 is 1.37 bits per heavy atom. The van der Waals surface area contributed by atoms with Gasteiger partial charge in [0.25, 0.3) is 0 Å². The molecular formula is C13H22O5S. The van der Waals surface area contributed by atoms with Crippen molar-refractivity contribution in [1.82, 2.24) is 0 Å². The predicted octanol–water partition coefficient (Wildman–Crippen LogP) is 1.06. The number of carboxylic acids is 1. The van der Waals surface area contributed by atoms with Crippen LogP contribution < -0.4 is 0 Å². The highest BCUT2D eigenvalue weighted by Crippen LogP contribution is 2.49. The fraction of sp³-hybridized carbons (Fsp3) is 0.923. The van der Waals surface area contributed by atoms with E-state index in [0.717, 1.165) is 19.3 Å². The highest BCUT2D eigenvalue weighted by Gasteiger charge is 2.55. The number of aliphatic carboxylic acids is 1. The predicted molar refractivity (Wildman–Crippen MR) is 70.5 cm³/mol. The van der Waals surface area contributed by atoms with E-state index in [0.29, 0.717) is 18.8 Å². The molecule has 2 fully saturated rings. The van der Waals surface area contributed by atoms with E-state index in [1.807, 2.05) is 6.92 Å². The minimum absolute atomic E-state index is 0.184. The number of aliphatic hydroxyl groups excluding tert-OH is 1. The molecule has 2 N–H and O–H groups in total. The summed E-state index contributed by atoms with van der Waals surface area (Å²) in [5, 5.41) is 19.7. The Morgan fingerprint density at radius 2 is 2.05 bits per heavy atom. The molecule has 4 atom stereocenters. The molecule has 2 rings (SSSR count). The van der Waals surface area contributed by atoms with Crippen LogP contribution in [0, 0.1) is 17.3 Å². The average Bonchev–Trinajstić information content (AvgIpc) is 2.63. The van der Waals surface area contributed by atoms with E-state index in [1.54, 1.807) is 0 Å². The maximum atomic E-state index is 11.8. The van der Waals surface area contributed by atoms with Crippen molar-refractivity contribution >= 4 is 15.8 Å². The van der Waals surface area contributed by atoms with E-state index in [2.05, 4.69) is 0 Å². The van der Waals surface area contributed by atoms with Crippen LogP contribution in [0.2, 0.25) is 0 Å². The van der Waals surface area contributed by atoms with Gasteiger partial charge in [-0.3, -0.25) is 4.79 Å². The van der Waals surface area contributed by atoms with Crippen LogP contribution in [0.4, 0.5) is 0 Å². The molecule has 0 aromatic carbocycles. The van der Waals surface area contributed by atoms with Crippen molar-refractivity contribution in [1.29, 1.82) is 0 Å². The van der Waals surface area contributed by atoms with Crippen molar-refractivity contribution < 1.29 is 23.4 Å². The highest BCUT2D eigenvalue weighted by atomic mass is 32.2. The molecule has 0 spiro atoms. The van der Waals surface area contributed by atoms with Crippen molar-refractivity contribution in [2.24, 2.45) is 17.3 Å². The average molecular weight is 290 g/mol. The van der Waals surface area contributed by atoms with Crippen LogP contribution in [-0.2, 0) is 14.6 Å². The van der Waals surface area contributed by atoms with Crippen LogP contribution in [0.5, 0.6) is 0 Å². The minimum atomic E-state index is -3.30. The lowest BCUT2D eigenvalue weighted by Gasteiger charge is -2.42. The number of sulfone groups is 1. The lowest BCUT2D eigenvalue weighted by Crippen LogP contribution is -2.47. The van der Waals surface area contributed by atoms with Crippen molar-refractivity contribution in [2.45, 2.75) is 45.1 Å². The Hall–Kier alpha value is -0.620. The van der Waals surface area contributed by atoms with Crippen LogP contribution in [0.25, 0.3) is 0 Å². The van der Waals surface area contributed by atoms with Gasteiger partial charge in [0, 0.05) is 5.92 Å². The Bertz CT molecular complexity index is 458. The molecule has 0 aromatic rings. The molecule has 5 nitrogen and oxygen atoms in total. The molecule has 1 aliphatic heterocycles. The molecule has 0 amide bonds. The number of carbonyl (C=O) groups is 1. The maximum absolute atomic E-state index is 11.8. The molecule has 1 saturated heterocycles. The Morgan fingerprint density at radius 3 is 2.53 bits per heavy atom. The third-order valence-electron chi connectivity index (χ3n) is 4.92. The molecular weight excluding hydrogens is 268 g/mol. The van der Waals surface area contributed by atoms with Crippen LogP contribution in [0.15, 0.2) is 0 Å². The third-order valence-corrected chi connectivity index (χ3v) is 6.64. The largest absolute Gasteiger partial charge is 0.481 e. The van der Waals surface area contributed by atoms with Gasteiger partial charge in [-0.2, -0.15) is 0 Å². The molecule has 0 aromatic heterocycles. The molecule has 110 valence electrons. The summed E-state index contributed by atoms with van der Waals surface area (Å²) in [5.41, 5.74) is -1.05. The quantitative estimate of drug-likeness (QED) is 0.811. The number of hydrogen-bond acceptors (Lipinski definition) is 4. The van der Waals surface area contributed by atoms with Crippen LogP contribution >= 0.6 is 0 Å². The van der Waals surface area contributed by atoms with Crippen LogP contribution in [-0.4, -0.2) is 42.2 Å². The van der Waals surface area contributed by atoms with E-state index in [9.17, 15) is 23.4 Å². The summed E-state index contributed by atoms with van der Waals surface area (Å²) in [6.07, 6.45) is 2.66. The van der Waals surface area contributed by atoms with Gasteiger partial charge in [-0.05, 0) is 18.8 Å². The summed E-state index contributed by atoms with van der Waals surface area (Å²) in [7, 11) is -3.30. The van der Waals surface area contributed by atoms with E-state index in [4.69, 9.17) is 0 Å². The summed E-state index contributed by atoms with van der Waals surface area (Å²) in [6.45, 7) is 2.03. The number of aliphatic hydroxyl groups is 1. The van der Waals surface area contributed by atoms with Crippen molar-refractivity contribution in [2.75, 3.05) is 11.5 Å². The zero-order valence-electron chi connectivity index (χ0n) is 11.2. The number of carboxylic acid groups (broad SMARTS) is 1. The summed E-state index contributed by atoms with van der Waals surface area (Å²) >= 11 is 0. The zero-order valence-corrected chi connectivity index (χ0v) is 12.0. The lowest BCUT2D eigenvalue weighted by molar-refractivity contribution is -0.159. The smallest absolute Gasteiger partial charge is 0.310 e. The van der Waals surface area contributed by atoms with E-state index < -0.39 is 33.2 Å². The summed E-state index contributed by atoms with van der Waals surface area (Å²) in [4.78, 5) is 11.8. The second kappa shape index (κ2) is 5.05. The topological polar surface area (TPSA) is 91.7 Å². The lowest BCUT2D eigenvalue weighted by atomic mass is 9.61. The fourth-order valence-electron chi connectivity index (χ4n) is 3.82. The molecule has 1 heterocycles. The first-order valence-electron chi connectivity index (χ1n) is 6.92. The maximum Gasteiger partial charge on any atom is 0.310 e. The third kappa shape index (κ3) is 2.65. The second-order valence-corrected chi connectivity index (χ2v) is 8.24. The first kappa shape index (κ1) is 14.8. The van der Waals surface area contributed by atoms with Gasteiger partial charge in [-0.25, -0.2) is 8.42 Å². The van der Waals surface area contributed by atoms with E-state index >= 15 is 0 Å². The molecule has 6 heteroatoms. The zero-order chi connectivity index (χ0) is 14.3. The minimum Gasteiger partial charge on any atom is -0.481 e. The van der Waals surface area contributed by atoms with Crippen molar-refractivity contribution in [3.05, 3.63) is 0 Å². The monoisotopic (exact) mass is 290 g/mol. The normalized spacial score (nSPS) is 42.1. The molecule has 4 unspecified atom stereocenters.